The summed E-state index contributed by atoms with van der Waals surface area (Å²) in [6, 6.07) is 2.20. The Morgan fingerprint density at radius 1 is 1.32 bits per heavy atom. The Labute approximate surface area is 136 Å². The second-order valence-corrected chi connectivity index (χ2v) is 7.76. The number of rotatable bonds is 4. The minimum Gasteiger partial charge on any atom is -0.375 e. The normalized spacial score (nSPS) is 29.4. The number of hydrogen-bond donors (Lipinski definition) is 0. The van der Waals surface area contributed by atoms with Gasteiger partial charge in [0.1, 0.15) is 0 Å². The van der Waals surface area contributed by atoms with Crippen molar-refractivity contribution < 1.29 is 9.53 Å². The van der Waals surface area contributed by atoms with E-state index in [0.717, 1.165) is 45.8 Å². The molecule has 1 saturated carbocycles. The van der Waals surface area contributed by atoms with E-state index in [-0.39, 0.29) is 6.10 Å². The fraction of sp³-hybridized carbons (Fsp3) is 0.706. The number of hydrogen-bond acceptors (Lipinski definition) is 4. The van der Waals surface area contributed by atoms with Gasteiger partial charge >= 0.3 is 0 Å². The zero-order valence-electron chi connectivity index (χ0n) is 12.9. The van der Waals surface area contributed by atoms with Gasteiger partial charge in [-0.15, -0.1) is 0 Å². The van der Waals surface area contributed by atoms with Crippen LogP contribution in [0.2, 0.25) is 0 Å². The average molecular weight is 320 g/mol. The van der Waals surface area contributed by atoms with Crippen LogP contribution in [0.4, 0.5) is 0 Å². The molecule has 4 nitrogen and oxygen atoms in total. The fourth-order valence-corrected chi connectivity index (χ4v) is 4.31. The van der Waals surface area contributed by atoms with Crippen LogP contribution in [-0.2, 0) is 16.1 Å². The van der Waals surface area contributed by atoms with Crippen LogP contribution in [0, 0.1) is 11.8 Å². The lowest BCUT2D eigenvalue weighted by atomic mass is 10.1. The maximum absolute atomic E-state index is 12.3. The largest absolute Gasteiger partial charge is 0.375 e. The summed E-state index contributed by atoms with van der Waals surface area (Å²) in [5.41, 5.74) is 1.39. The van der Waals surface area contributed by atoms with Gasteiger partial charge in [-0.05, 0) is 41.1 Å². The second-order valence-electron chi connectivity index (χ2n) is 6.98. The van der Waals surface area contributed by atoms with Crippen LogP contribution in [0.5, 0.6) is 0 Å². The first-order valence-electron chi connectivity index (χ1n) is 8.41. The highest BCUT2D eigenvalue weighted by molar-refractivity contribution is 7.07. The molecule has 120 valence electrons. The van der Waals surface area contributed by atoms with Crippen LogP contribution in [0.25, 0.3) is 0 Å². The molecule has 1 aromatic rings. The maximum Gasteiger partial charge on any atom is 0.222 e. The smallest absolute Gasteiger partial charge is 0.222 e. The van der Waals surface area contributed by atoms with Gasteiger partial charge in [0.2, 0.25) is 5.91 Å². The van der Waals surface area contributed by atoms with Gasteiger partial charge in [-0.1, -0.05) is 0 Å². The quantitative estimate of drug-likeness (QED) is 0.853. The molecule has 4 rings (SSSR count). The fourth-order valence-electron chi connectivity index (χ4n) is 3.65. The van der Waals surface area contributed by atoms with Gasteiger partial charge in [0.25, 0.3) is 0 Å². The van der Waals surface area contributed by atoms with Crippen molar-refractivity contribution >= 4 is 17.2 Å². The zero-order valence-corrected chi connectivity index (χ0v) is 13.8. The second kappa shape index (κ2) is 6.30. The Balaban J connectivity index is 1.35. The molecule has 22 heavy (non-hydrogen) atoms. The number of nitrogens with zero attached hydrogens (tertiary/aromatic N) is 2. The van der Waals surface area contributed by atoms with Crippen LogP contribution >= 0.6 is 11.3 Å². The Hall–Kier alpha value is -0.910. The van der Waals surface area contributed by atoms with Crippen LogP contribution < -0.4 is 0 Å². The van der Waals surface area contributed by atoms with E-state index >= 15 is 0 Å². The van der Waals surface area contributed by atoms with Crippen LogP contribution in [0.15, 0.2) is 16.8 Å². The Morgan fingerprint density at radius 3 is 3.00 bits per heavy atom. The van der Waals surface area contributed by atoms with Crippen molar-refractivity contribution in [3.63, 3.8) is 0 Å². The highest BCUT2D eigenvalue weighted by atomic mass is 32.1. The first-order chi connectivity index (χ1) is 10.8. The molecule has 0 unspecified atom stereocenters. The van der Waals surface area contributed by atoms with E-state index in [0.29, 0.717) is 17.7 Å². The first-order valence-corrected chi connectivity index (χ1v) is 9.35. The number of likely N-dealkylation sites (tertiary alicyclic amines) is 1. The molecule has 3 heterocycles. The summed E-state index contributed by atoms with van der Waals surface area (Å²) in [6.07, 6.45) is 3.50. The minimum absolute atomic E-state index is 0.246. The Bertz CT molecular complexity index is 515. The highest BCUT2D eigenvalue weighted by Gasteiger charge is 2.39. The van der Waals surface area contributed by atoms with Crippen molar-refractivity contribution in [3.05, 3.63) is 22.4 Å². The molecule has 0 bridgehead atoms. The molecule has 3 fully saturated rings. The van der Waals surface area contributed by atoms with Crippen LogP contribution in [-0.4, -0.2) is 54.6 Å². The maximum atomic E-state index is 12.3. The number of carbonyl (C=O) groups excluding carboxylic acids is 1. The lowest BCUT2D eigenvalue weighted by molar-refractivity contribution is -0.131. The van der Waals surface area contributed by atoms with Gasteiger partial charge in [0.05, 0.1) is 12.7 Å². The first kappa shape index (κ1) is 14.7. The van der Waals surface area contributed by atoms with E-state index < -0.39 is 0 Å². The van der Waals surface area contributed by atoms with Crippen molar-refractivity contribution in [2.45, 2.75) is 31.9 Å². The molecule has 1 aliphatic carbocycles. The summed E-state index contributed by atoms with van der Waals surface area (Å²) < 4.78 is 6.04. The molecule has 3 aliphatic rings. The summed E-state index contributed by atoms with van der Waals surface area (Å²) in [5, 5.41) is 4.36. The molecule has 2 saturated heterocycles. The highest BCUT2D eigenvalue weighted by Crippen LogP contribution is 2.34. The number of carbonyl (C=O) groups is 1. The number of ether oxygens (including phenoxy) is 1. The van der Waals surface area contributed by atoms with Gasteiger partial charge in [0.15, 0.2) is 0 Å². The SMILES string of the molecule is O=C(CC1CC1)N1C[C@H]2CN(Cc3ccsc3)CCO[C@H]2C1. The molecule has 2 aliphatic heterocycles. The Kier molecular flexibility index (Phi) is 4.20. The van der Waals surface area contributed by atoms with Gasteiger partial charge in [-0.25, -0.2) is 0 Å². The topological polar surface area (TPSA) is 32.8 Å². The predicted octanol–water partition coefficient (Wildman–Crippen LogP) is 2.21. The monoisotopic (exact) mass is 320 g/mol. The average Bonchev–Trinajstić information content (AvgIpc) is 3.06. The van der Waals surface area contributed by atoms with E-state index in [1.807, 2.05) is 0 Å². The number of fused-ring (bicyclic) bond motifs is 1. The third kappa shape index (κ3) is 3.36. The molecule has 1 amide bonds. The standard InChI is InChI=1S/C17H24N2O2S/c20-17(7-13-1-2-13)19-10-15-9-18(4-5-21-16(15)11-19)8-14-3-6-22-12-14/h3,6,12-13,15-16H,1-2,4-5,7-11H2/t15-,16+/m1/s1. The molecule has 1 aromatic heterocycles. The van der Waals surface area contributed by atoms with Crippen molar-refractivity contribution in [2.75, 3.05) is 32.8 Å². The van der Waals surface area contributed by atoms with Gasteiger partial charge in [0, 0.05) is 45.1 Å². The molecule has 2 atom stereocenters. The van der Waals surface area contributed by atoms with Gasteiger partial charge in [-0.2, -0.15) is 11.3 Å². The minimum atomic E-state index is 0.246. The molecule has 0 spiro atoms. The van der Waals surface area contributed by atoms with E-state index in [4.69, 9.17) is 4.74 Å². The number of amides is 1. The van der Waals surface area contributed by atoms with Crippen molar-refractivity contribution in [1.29, 1.82) is 0 Å². The van der Waals surface area contributed by atoms with E-state index in [2.05, 4.69) is 26.6 Å². The lowest BCUT2D eigenvalue weighted by Gasteiger charge is -2.23. The van der Waals surface area contributed by atoms with Gasteiger partial charge in [-0.3, -0.25) is 9.69 Å². The van der Waals surface area contributed by atoms with Gasteiger partial charge < -0.3 is 9.64 Å². The molecular weight excluding hydrogens is 296 g/mol. The number of thiophene rings is 1. The van der Waals surface area contributed by atoms with Crippen molar-refractivity contribution in [1.82, 2.24) is 9.80 Å². The summed E-state index contributed by atoms with van der Waals surface area (Å²) in [7, 11) is 0. The van der Waals surface area contributed by atoms with E-state index in [1.165, 1.54) is 18.4 Å². The van der Waals surface area contributed by atoms with Crippen LogP contribution in [0.3, 0.4) is 0 Å². The third-order valence-corrected chi connectivity index (χ3v) is 5.84. The molecule has 5 heteroatoms. The van der Waals surface area contributed by atoms with Crippen LogP contribution in [0.1, 0.15) is 24.8 Å². The molecule has 0 N–H and O–H groups in total. The lowest BCUT2D eigenvalue weighted by Crippen LogP contribution is -2.33. The Morgan fingerprint density at radius 2 is 2.23 bits per heavy atom. The van der Waals surface area contributed by atoms with Crippen molar-refractivity contribution in [2.24, 2.45) is 11.8 Å². The zero-order chi connectivity index (χ0) is 14.9. The molecule has 0 radical (unpaired) electrons. The summed E-state index contributed by atoms with van der Waals surface area (Å²) in [5.74, 6) is 1.50. The molecule has 0 aromatic carbocycles. The third-order valence-electron chi connectivity index (χ3n) is 5.11. The predicted molar refractivity (Wildman–Crippen MR) is 86.7 cm³/mol. The van der Waals surface area contributed by atoms with E-state index in [9.17, 15) is 4.79 Å². The summed E-state index contributed by atoms with van der Waals surface area (Å²) >= 11 is 1.76. The van der Waals surface area contributed by atoms with Crippen molar-refractivity contribution in [3.8, 4) is 0 Å². The van der Waals surface area contributed by atoms with E-state index in [1.54, 1.807) is 11.3 Å². The summed E-state index contributed by atoms with van der Waals surface area (Å²) in [4.78, 5) is 16.9. The summed E-state index contributed by atoms with van der Waals surface area (Å²) in [6.45, 7) is 5.54. The molecular formula is C17H24N2O2S.